The number of hydrogen-bond donors (Lipinski definition) is 0. The van der Waals surface area contributed by atoms with E-state index < -0.39 is 0 Å². The molecule has 1 heterocycles. The largest absolute Gasteiger partial charge is 0.321 e. The van der Waals surface area contributed by atoms with Crippen molar-refractivity contribution in [2.24, 2.45) is 0 Å². The van der Waals surface area contributed by atoms with Gasteiger partial charge in [0.2, 0.25) is 0 Å². The number of halogens is 1. The van der Waals surface area contributed by atoms with E-state index in [2.05, 4.69) is 17.6 Å². The van der Waals surface area contributed by atoms with Crippen LogP contribution in [0.5, 0.6) is 0 Å². The molecule has 0 fully saturated rings. The molecule has 0 aliphatic heterocycles. The second-order valence-corrected chi connectivity index (χ2v) is 3.44. The fraction of sp³-hybridized carbons (Fsp3) is 0.0909. The molecule has 1 aromatic heterocycles. The molecule has 1 aromatic carbocycles. The minimum Gasteiger partial charge on any atom is -0.321 e. The standard InChI is InChI=1S/C11H10ClN/c1-9-4-3-7-13(9)11-6-2-5-10(12)8-11/h2-8H,1H3. The van der Waals surface area contributed by atoms with Crippen LogP contribution in [0.2, 0.25) is 5.02 Å². The van der Waals surface area contributed by atoms with Gasteiger partial charge in [-0.15, -0.1) is 0 Å². The highest BCUT2D eigenvalue weighted by atomic mass is 35.5. The highest BCUT2D eigenvalue weighted by molar-refractivity contribution is 6.30. The predicted molar refractivity (Wildman–Crippen MR) is 55.5 cm³/mol. The zero-order chi connectivity index (χ0) is 9.26. The Kier molecular flexibility index (Phi) is 2.11. The molecular formula is C11H10ClN. The molecular weight excluding hydrogens is 182 g/mol. The Morgan fingerprint density at radius 1 is 1.15 bits per heavy atom. The summed E-state index contributed by atoms with van der Waals surface area (Å²) >= 11 is 5.90. The van der Waals surface area contributed by atoms with Gasteiger partial charge in [-0.05, 0) is 37.3 Å². The van der Waals surface area contributed by atoms with E-state index in [0.29, 0.717) is 0 Å². The van der Waals surface area contributed by atoms with Crippen molar-refractivity contribution in [2.75, 3.05) is 0 Å². The summed E-state index contributed by atoms with van der Waals surface area (Å²) in [6, 6.07) is 11.9. The van der Waals surface area contributed by atoms with Crippen molar-refractivity contribution in [3.8, 4) is 5.69 Å². The molecule has 0 spiro atoms. The van der Waals surface area contributed by atoms with Crippen molar-refractivity contribution in [1.29, 1.82) is 0 Å². The third kappa shape index (κ3) is 1.61. The van der Waals surface area contributed by atoms with Crippen LogP contribution in [-0.2, 0) is 0 Å². The second-order valence-electron chi connectivity index (χ2n) is 3.00. The molecule has 0 bridgehead atoms. The van der Waals surface area contributed by atoms with Crippen molar-refractivity contribution in [3.63, 3.8) is 0 Å². The molecule has 66 valence electrons. The van der Waals surface area contributed by atoms with Gasteiger partial charge in [0.15, 0.2) is 0 Å². The molecule has 1 nitrogen and oxygen atoms in total. The third-order valence-electron chi connectivity index (χ3n) is 2.04. The highest BCUT2D eigenvalue weighted by Crippen LogP contribution is 2.16. The summed E-state index contributed by atoms with van der Waals surface area (Å²) < 4.78 is 2.10. The first-order valence-corrected chi connectivity index (χ1v) is 4.55. The Labute approximate surface area is 82.6 Å². The first kappa shape index (κ1) is 8.39. The van der Waals surface area contributed by atoms with Gasteiger partial charge in [0.05, 0.1) is 0 Å². The minimum absolute atomic E-state index is 0.769. The van der Waals surface area contributed by atoms with Crippen LogP contribution in [-0.4, -0.2) is 4.57 Å². The summed E-state index contributed by atoms with van der Waals surface area (Å²) in [5.41, 5.74) is 2.32. The number of benzene rings is 1. The predicted octanol–water partition coefficient (Wildman–Crippen LogP) is 3.44. The third-order valence-corrected chi connectivity index (χ3v) is 2.27. The number of aryl methyl sites for hydroxylation is 1. The van der Waals surface area contributed by atoms with Crippen molar-refractivity contribution in [3.05, 3.63) is 53.3 Å². The lowest BCUT2D eigenvalue weighted by atomic mass is 10.3. The van der Waals surface area contributed by atoms with Gasteiger partial charge in [-0.2, -0.15) is 0 Å². The molecule has 0 atom stereocenters. The molecule has 0 unspecified atom stereocenters. The quantitative estimate of drug-likeness (QED) is 0.651. The van der Waals surface area contributed by atoms with E-state index in [-0.39, 0.29) is 0 Å². The Bertz CT molecular complexity index is 418. The van der Waals surface area contributed by atoms with Crippen LogP contribution in [0.25, 0.3) is 5.69 Å². The Morgan fingerprint density at radius 3 is 2.62 bits per heavy atom. The van der Waals surface area contributed by atoms with Crippen LogP contribution in [0.15, 0.2) is 42.6 Å². The summed E-state index contributed by atoms with van der Waals surface area (Å²) in [6.45, 7) is 2.07. The Hall–Kier alpha value is -1.21. The molecule has 0 aliphatic carbocycles. The van der Waals surface area contributed by atoms with Gasteiger partial charge in [0.25, 0.3) is 0 Å². The highest BCUT2D eigenvalue weighted by Gasteiger charge is 1.98. The van der Waals surface area contributed by atoms with E-state index >= 15 is 0 Å². The molecule has 0 aliphatic rings. The molecule has 13 heavy (non-hydrogen) atoms. The van der Waals surface area contributed by atoms with Crippen molar-refractivity contribution >= 4 is 11.6 Å². The van der Waals surface area contributed by atoms with Crippen molar-refractivity contribution in [1.82, 2.24) is 4.57 Å². The summed E-state index contributed by atoms with van der Waals surface area (Å²) in [7, 11) is 0. The maximum atomic E-state index is 5.90. The van der Waals surface area contributed by atoms with E-state index in [1.165, 1.54) is 5.69 Å². The van der Waals surface area contributed by atoms with Crippen LogP contribution in [0.1, 0.15) is 5.69 Å². The van der Waals surface area contributed by atoms with Crippen LogP contribution in [0.4, 0.5) is 0 Å². The van der Waals surface area contributed by atoms with Gasteiger partial charge in [-0.25, -0.2) is 0 Å². The van der Waals surface area contributed by atoms with Crippen LogP contribution < -0.4 is 0 Å². The van der Waals surface area contributed by atoms with Crippen LogP contribution in [0, 0.1) is 6.92 Å². The lowest BCUT2D eigenvalue weighted by Gasteiger charge is -2.05. The maximum absolute atomic E-state index is 5.90. The Morgan fingerprint density at radius 2 is 2.00 bits per heavy atom. The number of nitrogens with zero attached hydrogens (tertiary/aromatic N) is 1. The molecule has 0 amide bonds. The fourth-order valence-electron chi connectivity index (χ4n) is 1.38. The van der Waals surface area contributed by atoms with Gasteiger partial charge >= 0.3 is 0 Å². The molecule has 0 N–H and O–H groups in total. The van der Waals surface area contributed by atoms with Crippen LogP contribution in [0.3, 0.4) is 0 Å². The second kappa shape index (κ2) is 3.27. The number of hydrogen-bond acceptors (Lipinski definition) is 0. The summed E-state index contributed by atoms with van der Waals surface area (Å²) in [6.07, 6.45) is 2.03. The van der Waals surface area contributed by atoms with Gasteiger partial charge in [-0.3, -0.25) is 0 Å². The van der Waals surface area contributed by atoms with Gasteiger partial charge in [0, 0.05) is 22.6 Å². The number of aromatic nitrogens is 1. The molecule has 2 aromatic rings. The first-order valence-electron chi connectivity index (χ1n) is 4.17. The minimum atomic E-state index is 0.769. The van der Waals surface area contributed by atoms with E-state index in [0.717, 1.165) is 10.7 Å². The van der Waals surface area contributed by atoms with Crippen molar-refractivity contribution < 1.29 is 0 Å². The lowest BCUT2D eigenvalue weighted by Crippen LogP contribution is -1.93. The molecule has 2 heteroatoms. The zero-order valence-electron chi connectivity index (χ0n) is 7.37. The molecule has 0 saturated heterocycles. The maximum Gasteiger partial charge on any atom is 0.0466 e. The lowest BCUT2D eigenvalue weighted by molar-refractivity contribution is 1.02. The van der Waals surface area contributed by atoms with Gasteiger partial charge in [-0.1, -0.05) is 17.7 Å². The molecule has 0 radical (unpaired) electrons. The molecule has 0 saturated carbocycles. The summed E-state index contributed by atoms with van der Waals surface area (Å²) in [4.78, 5) is 0. The average molecular weight is 192 g/mol. The molecule has 2 rings (SSSR count). The zero-order valence-corrected chi connectivity index (χ0v) is 8.12. The van der Waals surface area contributed by atoms with E-state index in [1.807, 2.05) is 36.5 Å². The van der Waals surface area contributed by atoms with E-state index in [4.69, 9.17) is 11.6 Å². The van der Waals surface area contributed by atoms with E-state index in [9.17, 15) is 0 Å². The Balaban J connectivity index is 2.53. The summed E-state index contributed by atoms with van der Waals surface area (Å²) in [5.74, 6) is 0. The fourth-order valence-corrected chi connectivity index (χ4v) is 1.57. The average Bonchev–Trinajstić information content (AvgIpc) is 2.51. The van der Waals surface area contributed by atoms with Gasteiger partial charge in [0.1, 0.15) is 0 Å². The monoisotopic (exact) mass is 191 g/mol. The normalized spacial score (nSPS) is 10.3. The SMILES string of the molecule is Cc1cccn1-c1cccc(Cl)c1. The van der Waals surface area contributed by atoms with Gasteiger partial charge < -0.3 is 4.57 Å². The first-order chi connectivity index (χ1) is 6.27. The van der Waals surface area contributed by atoms with E-state index in [1.54, 1.807) is 0 Å². The summed E-state index contributed by atoms with van der Waals surface area (Å²) in [5, 5.41) is 0.769. The number of rotatable bonds is 1. The van der Waals surface area contributed by atoms with Crippen molar-refractivity contribution in [2.45, 2.75) is 6.92 Å². The van der Waals surface area contributed by atoms with Crippen LogP contribution >= 0.6 is 11.6 Å². The smallest absolute Gasteiger partial charge is 0.0466 e. The topological polar surface area (TPSA) is 4.93 Å².